The Bertz CT molecular complexity index is 493. The molecule has 0 aromatic rings. The minimum Gasteiger partial charge on any atom is -0.377 e. The van der Waals surface area contributed by atoms with Crippen LogP contribution in [-0.2, 0) is 4.74 Å². The highest BCUT2D eigenvalue weighted by Gasteiger charge is 2.65. The summed E-state index contributed by atoms with van der Waals surface area (Å²) in [5, 5.41) is 3.90. The number of hydrogen-bond acceptors (Lipinski definition) is 3. The number of thioether (sulfide) groups is 1. The van der Waals surface area contributed by atoms with Gasteiger partial charge in [0, 0.05) is 54.6 Å². The van der Waals surface area contributed by atoms with E-state index in [0.717, 1.165) is 25.7 Å². The summed E-state index contributed by atoms with van der Waals surface area (Å²) in [6.45, 7) is 7.85. The van der Waals surface area contributed by atoms with Gasteiger partial charge in [-0.3, -0.25) is 4.99 Å². The van der Waals surface area contributed by atoms with Gasteiger partial charge in [-0.25, -0.2) is 0 Å². The predicted molar refractivity (Wildman–Crippen MR) is 113 cm³/mol. The first-order valence-corrected chi connectivity index (χ1v) is 10.3. The quantitative estimate of drug-likeness (QED) is 0.366. The molecule has 0 aromatic heterocycles. The number of hydrogen-bond donors (Lipinski definition) is 1. The Hall–Kier alpha value is 0.310. The van der Waals surface area contributed by atoms with Crippen LogP contribution in [0.5, 0.6) is 0 Å². The van der Waals surface area contributed by atoms with Crippen molar-refractivity contribution in [1.82, 2.24) is 10.2 Å². The van der Waals surface area contributed by atoms with Crippen molar-refractivity contribution in [3.05, 3.63) is 0 Å². The summed E-state index contributed by atoms with van der Waals surface area (Å²) in [5.41, 5.74) is 0.400. The molecule has 0 aromatic carbocycles. The summed E-state index contributed by atoms with van der Waals surface area (Å²) in [6, 6.07) is 0.578. The van der Waals surface area contributed by atoms with Crippen LogP contribution >= 0.6 is 35.7 Å². The van der Waals surface area contributed by atoms with E-state index in [9.17, 15) is 0 Å². The number of aliphatic imine (C=N–C) groups is 1. The SMILES string of the molecule is CN=C(NC1C2CCOC2C12CCCC2)N1CCSC(C)(C)C1.I. The van der Waals surface area contributed by atoms with Crippen LogP contribution in [0.4, 0.5) is 0 Å². The van der Waals surface area contributed by atoms with E-state index in [-0.39, 0.29) is 24.0 Å². The van der Waals surface area contributed by atoms with Crippen LogP contribution in [0.25, 0.3) is 0 Å². The highest BCUT2D eigenvalue weighted by molar-refractivity contribution is 14.0. The molecular formula is C18H32IN3OS. The molecule has 0 bridgehead atoms. The fraction of sp³-hybridized carbons (Fsp3) is 0.944. The summed E-state index contributed by atoms with van der Waals surface area (Å²) in [5.74, 6) is 3.02. The Morgan fingerprint density at radius 1 is 1.29 bits per heavy atom. The van der Waals surface area contributed by atoms with Crippen molar-refractivity contribution in [2.45, 2.75) is 62.8 Å². The fourth-order valence-electron chi connectivity index (χ4n) is 5.54. The first kappa shape index (κ1) is 19.1. The van der Waals surface area contributed by atoms with Crippen LogP contribution in [0.2, 0.25) is 0 Å². The Labute approximate surface area is 168 Å². The Morgan fingerprint density at radius 2 is 2.04 bits per heavy atom. The molecule has 1 N–H and O–H groups in total. The number of fused-ring (bicyclic) bond motifs is 2. The van der Waals surface area contributed by atoms with Gasteiger partial charge in [0.05, 0.1) is 6.10 Å². The molecule has 6 heteroatoms. The van der Waals surface area contributed by atoms with Gasteiger partial charge in [0.2, 0.25) is 0 Å². The standard InChI is InChI=1S/C18H31N3OS.HI/c1-17(2)12-21(9-11-23-17)16(19-3)20-14-13-6-10-22-15(13)18(14)7-4-5-8-18;/h13-15H,4-12H2,1-3H3,(H,19,20);1H. The van der Waals surface area contributed by atoms with E-state index in [1.54, 1.807) is 0 Å². The van der Waals surface area contributed by atoms with Crippen molar-refractivity contribution in [3.8, 4) is 0 Å². The van der Waals surface area contributed by atoms with Gasteiger partial charge in [0.15, 0.2) is 5.96 Å². The van der Waals surface area contributed by atoms with Crippen LogP contribution in [0.15, 0.2) is 4.99 Å². The lowest BCUT2D eigenvalue weighted by atomic mass is 9.54. The van der Waals surface area contributed by atoms with Gasteiger partial charge in [-0.15, -0.1) is 24.0 Å². The molecule has 2 saturated heterocycles. The molecule has 2 aliphatic carbocycles. The molecule has 3 unspecified atom stereocenters. The molecule has 3 atom stereocenters. The second-order valence-electron chi connectivity index (χ2n) is 8.38. The van der Waals surface area contributed by atoms with E-state index in [2.05, 4.69) is 40.8 Å². The van der Waals surface area contributed by atoms with Crippen LogP contribution in [-0.4, -0.2) is 60.2 Å². The molecule has 2 aliphatic heterocycles. The zero-order valence-corrected chi connectivity index (χ0v) is 18.4. The van der Waals surface area contributed by atoms with E-state index in [1.807, 2.05) is 7.05 Å². The zero-order valence-electron chi connectivity index (χ0n) is 15.2. The summed E-state index contributed by atoms with van der Waals surface area (Å²) in [4.78, 5) is 7.12. The number of guanidine groups is 1. The summed E-state index contributed by atoms with van der Waals surface area (Å²) >= 11 is 2.08. The third-order valence-corrected chi connectivity index (χ3v) is 7.80. The summed E-state index contributed by atoms with van der Waals surface area (Å²) < 4.78 is 6.44. The average Bonchev–Trinajstić information content (AvgIpc) is 3.15. The molecule has 2 heterocycles. The Kier molecular flexibility index (Phi) is 5.68. The number of ether oxygens (including phenoxy) is 1. The highest BCUT2D eigenvalue weighted by atomic mass is 127. The Morgan fingerprint density at radius 3 is 2.71 bits per heavy atom. The largest absolute Gasteiger partial charge is 0.377 e. The van der Waals surface area contributed by atoms with E-state index in [4.69, 9.17) is 4.74 Å². The lowest BCUT2D eigenvalue weighted by molar-refractivity contribution is -0.125. The van der Waals surface area contributed by atoms with Crippen molar-refractivity contribution in [2.24, 2.45) is 16.3 Å². The Balaban J connectivity index is 0.00000169. The third kappa shape index (κ3) is 3.08. The van der Waals surface area contributed by atoms with Crippen LogP contribution in [0.3, 0.4) is 0 Å². The number of nitrogens with one attached hydrogen (secondary N) is 1. The van der Waals surface area contributed by atoms with E-state index >= 15 is 0 Å². The molecule has 4 rings (SSSR count). The second-order valence-corrected chi connectivity index (χ2v) is 10.2. The minimum atomic E-state index is 0. The van der Waals surface area contributed by atoms with Crippen LogP contribution in [0, 0.1) is 11.3 Å². The van der Waals surface area contributed by atoms with Crippen LogP contribution in [0.1, 0.15) is 46.0 Å². The van der Waals surface area contributed by atoms with E-state index in [1.165, 1.54) is 37.9 Å². The lowest BCUT2D eigenvalue weighted by Gasteiger charge is -2.57. The molecule has 24 heavy (non-hydrogen) atoms. The van der Waals surface area contributed by atoms with Gasteiger partial charge in [-0.05, 0) is 33.1 Å². The molecule has 0 radical (unpaired) electrons. The smallest absolute Gasteiger partial charge is 0.193 e. The van der Waals surface area contributed by atoms with Gasteiger partial charge in [-0.1, -0.05) is 12.8 Å². The molecule has 138 valence electrons. The normalized spacial score (nSPS) is 36.9. The van der Waals surface area contributed by atoms with E-state index in [0.29, 0.717) is 28.2 Å². The van der Waals surface area contributed by atoms with Crippen molar-refractivity contribution in [1.29, 1.82) is 0 Å². The zero-order chi connectivity index (χ0) is 16.1. The van der Waals surface area contributed by atoms with E-state index < -0.39 is 0 Å². The van der Waals surface area contributed by atoms with Gasteiger partial charge in [0.25, 0.3) is 0 Å². The third-order valence-electron chi connectivity index (χ3n) is 6.51. The summed E-state index contributed by atoms with van der Waals surface area (Å²) in [7, 11) is 1.94. The average molecular weight is 465 g/mol. The molecule has 2 saturated carbocycles. The van der Waals surface area contributed by atoms with Gasteiger partial charge < -0.3 is 15.0 Å². The molecule has 4 fully saturated rings. The molecule has 1 spiro atoms. The first-order valence-electron chi connectivity index (χ1n) is 9.30. The van der Waals surface area contributed by atoms with Crippen molar-refractivity contribution < 1.29 is 4.74 Å². The number of rotatable bonds is 1. The van der Waals surface area contributed by atoms with Gasteiger partial charge >= 0.3 is 0 Å². The maximum absolute atomic E-state index is 6.12. The van der Waals surface area contributed by atoms with Gasteiger partial charge in [-0.2, -0.15) is 11.8 Å². The minimum absolute atomic E-state index is 0. The van der Waals surface area contributed by atoms with Crippen molar-refractivity contribution in [3.63, 3.8) is 0 Å². The number of halogens is 1. The molecular weight excluding hydrogens is 433 g/mol. The highest BCUT2D eigenvalue weighted by Crippen LogP contribution is 2.60. The fourth-order valence-corrected chi connectivity index (χ4v) is 6.65. The molecule has 4 aliphatic rings. The lowest BCUT2D eigenvalue weighted by Crippen LogP contribution is -2.70. The molecule has 0 amide bonds. The van der Waals surface area contributed by atoms with Crippen molar-refractivity contribution >= 4 is 41.7 Å². The predicted octanol–water partition coefficient (Wildman–Crippen LogP) is 3.35. The summed E-state index contributed by atoms with van der Waals surface area (Å²) in [6.07, 6.45) is 7.17. The second kappa shape index (κ2) is 7.14. The maximum Gasteiger partial charge on any atom is 0.193 e. The van der Waals surface area contributed by atoms with Gasteiger partial charge in [0.1, 0.15) is 0 Å². The first-order chi connectivity index (χ1) is 11.1. The number of nitrogens with zero attached hydrogens (tertiary/aromatic N) is 2. The maximum atomic E-state index is 6.12. The molecule has 4 nitrogen and oxygen atoms in total. The topological polar surface area (TPSA) is 36.9 Å². The van der Waals surface area contributed by atoms with Crippen LogP contribution < -0.4 is 5.32 Å². The van der Waals surface area contributed by atoms with Crippen molar-refractivity contribution in [2.75, 3.05) is 32.5 Å². The monoisotopic (exact) mass is 465 g/mol.